The lowest BCUT2D eigenvalue weighted by Crippen LogP contribution is -2.36. The number of carbonyl (C=O) groups is 1. The molecule has 1 fully saturated rings. The summed E-state index contributed by atoms with van der Waals surface area (Å²) in [6.45, 7) is 1.80. The van der Waals surface area contributed by atoms with Crippen molar-refractivity contribution >= 4 is 11.7 Å². The Morgan fingerprint density at radius 3 is 2.19 bits per heavy atom. The molecule has 1 aromatic heterocycles. The van der Waals surface area contributed by atoms with Crippen LogP contribution in [0.5, 0.6) is 0 Å². The van der Waals surface area contributed by atoms with Crippen molar-refractivity contribution in [3.05, 3.63) is 46.9 Å². The van der Waals surface area contributed by atoms with Crippen LogP contribution >= 0.6 is 0 Å². The number of aryl methyl sites for hydroxylation is 1. The maximum absolute atomic E-state index is 15.3. The van der Waals surface area contributed by atoms with Gasteiger partial charge in [-0.05, 0) is 43.0 Å². The SMILES string of the molecule is Cn1nc(C(F)(F)c2ccc(F)cc2)c(C2CCC2)c1NC(=O)CC(C)(C)C(F)(F)F. The average Bonchev–Trinajstić information content (AvgIpc) is 2.90. The molecule has 4 nitrogen and oxygen atoms in total. The zero-order chi connectivity index (χ0) is 23.2. The fraction of sp³-hybridized carbons (Fsp3) is 0.524. The number of amides is 1. The molecule has 1 aliphatic carbocycles. The molecule has 0 radical (unpaired) electrons. The molecule has 0 spiro atoms. The molecule has 1 amide bonds. The molecule has 1 heterocycles. The van der Waals surface area contributed by atoms with Crippen LogP contribution in [0.3, 0.4) is 0 Å². The standard InChI is InChI=1S/C21H23F6N3O/c1-19(2,21(25,26)27)11-15(31)28-18-16(12-5-4-6-12)17(29-30(18)3)20(23,24)13-7-9-14(22)10-8-13/h7-10,12H,4-6,11H2,1-3H3,(H,28,31). The lowest BCUT2D eigenvalue weighted by Gasteiger charge is -2.29. The number of nitrogens with zero attached hydrogens (tertiary/aromatic N) is 2. The summed E-state index contributed by atoms with van der Waals surface area (Å²) >= 11 is 0. The Morgan fingerprint density at radius 2 is 1.71 bits per heavy atom. The van der Waals surface area contributed by atoms with Crippen LogP contribution in [0.1, 0.15) is 62.3 Å². The smallest absolute Gasteiger partial charge is 0.311 e. The number of hydrogen-bond acceptors (Lipinski definition) is 2. The third kappa shape index (κ3) is 4.43. The van der Waals surface area contributed by atoms with Gasteiger partial charge in [-0.2, -0.15) is 27.1 Å². The molecule has 0 unspecified atom stereocenters. The number of alkyl halides is 5. The van der Waals surface area contributed by atoms with Crippen molar-refractivity contribution in [1.29, 1.82) is 0 Å². The number of benzene rings is 1. The van der Waals surface area contributed by atoms with E-state index in [1.165, 1.54) is 7.05 Å². The van der Waals surface area contributed by atoms with Gasteiger partial charge in [0.2, 0.25) is 5.91 Å². The molecule has 0 atom stereocenters. The number of anilines is 1. The maximum Gasteiger partial charge on any atom is 0.394 e. The summed E-state index contributed by atoms with van der Waals surface area (Å²) in [5.74, 6) is -5.53. The lowest BCUT2D eigenvalue weighted by molar-refractivity contribution is -0.213. The van der Waals surface area contributed by atoms with Gasteiger partial charge in [0.1, 0.15) is 17.3 Å². The van der Waals surface area contributed by atoms with E-state index in [-0.39, 0.29) is 17.3 Å². The van der Waals surface area contributed by atoms with Crippen LogP contribution in [-0.4, -0.2) is 21.9 Å². The molecule has 1 saturated carbocycles. The number of nitrogens with one attached hydrogen (secondary N) is 1. The van der Waals surface area contributed by atoms with E-state index in [1.807, 2.05) is 0 Å². The Morgan fingerprint density at radius 1 is 1.13 bits per heavy atom. The van der Waals surface area contributed by atoms with Crippen molar-refractivity contribution in [3.63, 3.8) is 0 Å². The number of rotatable bonds is 6. The minimum atomic E-state index is -4.60. The predicted octanol–water partition coefficient (Wildman–Crippen LogP) is 5.88. The van der Waals surface area contributed by atoms with E-state index in [9.17, 15) is 22.4 Å². The first-order valence-electron chi connectivity index (χ1n) is 9.82. The molecule has 170 valence electrons. The Balaban J connectivity index is 1.98. The van der Waals surface area contributed by atoms with Gasteiger partial charge in [-0.3, -0.25) is 9.48 Å². The summed E-state index contributed by atoms with van der Waals surface area (Å²) in [6, 6.07) is 3.74. The minimum absolute atomic E-state index is 0.0375. The van der Waals surface area contributed by atoms with Crippen LogP contribution in [0, 0.1) is 11.2 Å². The van der Waals surface area contributed by atoms with Crippen LogP contribution in [-0.2, 0) is 17.8 Å². The first-order valence-corrected chi connectivity index (χ1v) is 9.82. The molecular weight excluding hydrogens is 424 g/mol. The van der Waals surface area contributed by atoms with E-state index in [2.05, 4.69) is 10.4 Å². The summed E-state index contributed by atoms with van der Waals surface area (Å²) in [7, 11) is 1.34. The molecule has 10 heteroatoms. The summed E-state index contributed by atoms with van der Waals surface area (Å²) in [4.78, 5) is 12.4. The van der Waals surface area contributed by atoms with E-state index < -0.39 is 46.9 Å². The highest BCUT2D eigenvalue weighted by Gasteiger charge is 2.49. The Bertz CT molecular complexity index is 959. The third-order valence-corrected chi connectivity index (χ3v) is 5.73. The summed E-state index contributed by atoms with van der Waals surface area (Å²) < 4.78 is 84.2. The molecule has 0 bridgehead atoms. The average molecular weight is 447 g/mol. The molecule has 1 aromatic carbocycles. The monoisotopic (exact) mass is 447 g/mol. The highest BCUT2D eigenvalue weighted by atomic mass is 19.4. The lowest BCUT2D eigenvalue weighted by atomic mass is 9.78. The van der Waals surface area contributed by atoms with Crippen LogP contribution in [0.4, 0.5) is 32.2 Å². The van der Waals surface area contributed by atoms with Crippen LogP contribution in [0.25, 0.3) is 0 Å². The van der Waals surface area contributed by atoms with Gasteiger partial charge in [0, 0.05) is 24.6 Å². The highest BCUT2D eigenvalue weighted by Crippen LogP contribution is 2.48. The van der Waals surface area contributed by atoms with Gasteiger partial charge in [-0.25, -0.2) is 4.39 Å². The van der Waals surface area contributed by atoms with Gasteiger partial charge in [-0.15, -0.1) is 0 Å². The number of halogens is 6. The molecule has 1 aliphatic rings. The summed E-state index contributed by atoms with van der Waals surface area (Å²) in [5.41, 5.74) is -3.23. The predicted molar refractivity (Wildman–Crippen MR) is 102 cm³/mol. The van der Waals surface area contributed by atoms with Crippen LogP contribution < -0.4 is 5.32 Å². The largest absolute Gasteiger partial charge is 0.394 e. The topological polar surface area (TPSA) is 46.9 Å². The van der Waals surface area contributed by atoms with Crippen molar-refractivity contribution in [3.8, 4) is 0 Å². The number of hydrogen-bond donors (Lipinski definition) is 1. The van der Waals surface area contributed by atoms with Crippen molar-refractivity contribution in [2.45, 2.75) is 57.5 Å². The molecular formula is C21H23F6N3O. The summed E-state index contributed by atoms with van der Waals surface area (Å²) in [5, 5.41) is 6.30. The zero-order valence-electron chi connectivity index (χ0n) is 17.3. The third-order valence-electron chi connectivity index (χ3n) is 5.73. The van der Waals surface area contributed by atoms with Gasteiger partial charge in [0.15, 0.2) is 0 Å². The van der Waals surface area contributed by atoms with Crippen LogP contribution in [0.2, 0.25) is 0 Å². The minimum Gasteiger partial charge on any atom is -0.311 e. The molecule has 31 heavy (non-hydrogen) atoms. The molecule has 0 aliphatic heterocycles. The zero-order valence-corrected chi connectivity index (χ0v) is 17.3. The van der Waals surface area contributed by atoms with Crippen molar-refractivity contribution in [2.75, 3.05) is 5.32 Å². The fourth-order valence-corrected chi connectivity index (χ4v) is 3.48. The first-order chi connectivity index (χ1) is 14.2. The first kappa shape index (κ1) is 23.1. The highest BCUT2D eigenvalue weighted by molar-refractivity contribution is 5.91. The van der Waals surface area contributed by atoms with Gasteiger partial charge < -0.3 is 5.32 Å². The Labute approximate surface area is 175 Å². The molecule has 0 saturated heterocycles. The Hall–Kier alpha value is -2.52. The normalized spacial score (nSPS) is 15.6. The number of carbonyl (C=O) groups excluding carboxylic acids is 1. The molecule has 3 rings (SSSR count). The van der Waals surface area contributed by atoms with Gasteiger partial charge >= 0.3 is 12.1 Å². The second-order valence-electron chi connectivity index (χ2n) is 8.55. The molecule has 1 N–H and O–H groups in total. The number of aromatic nitrogens is 2. The van der Waals surface area contributed by atoms with E-state index in [4.69, 9.17) is 0 Å². The quantitative estimate of drug-likeness (QED) is 0.562. The maximum atomic E-state index is 15.3. The fourth-order valence-electron chi connectivity index (χ4n) is 3.48. The Kier molecular flexibility index (Phi) is 5.88. The van der Waals surface area contributed by atoms with Gasteiger partial charge in [0.05, 0.1) is 5.41 Å². The van der Waals surface area contributed by atoms with Crippen molar-refractivity contribution < 1.29 is 31.1 Å². The van der Waals surface area contributed by atoms with E-state index >= 15 is 8.78 Å². The summed E-state index contributed by atoms with van der Waals surface area (Å²) in [6.07, 6.45) is -3.48. The van der Waals surface area contributed by atoms with Gasteiger partial charge in [-0.1, -0.05) is 20.3 Å². The van der Waals surface area contributed by atoms with Gasteiger partial charge in [0.25, 0.3) is 0 Å². The second-order valence-corrected chi connectivity index (χ2v) is 8.55. The van der Waals surface area contributed by atoms with E-state index in [1.54, 1.807) is 0 Å². The van der Waals surface area contributed by atoms with Crippen molar-refractivity contribution in [2.24, 2.45) is 12.5 Å². The molecule has 2 aromatic rings. The van der Waals surface area contributed by atoms with Crippen molar-refractivity contribution in [1.82, 2.24) is 9.78 Å². The van der Waals surface area contributed by atoms with E-state index in [0.717, 1.165) is 49.2 Å². The second kappa shape index (κ2) is 7.87. The van der Waals surface area contributed by atoms with E-state index in [0.29, 0.717) is 12.8 Å². The van der Waals surface area contributed by atoms with Crippen LogP contribution in [0.15, 0.2) is 24.3 Å².